The number of carbonyl (C=O) groups is 2. The number of hydrogen-bond donors (Lipinski definition) is 2. The third-order valence-corrected chi connectivity index (χ3v) is 4.14. The summed E-state index contributed by atoms with van der Waals surface area (Å²) < 4.78 is 7.20. The molecule has 7 heteroatoms. The SMILES string of the molecule is Cc1c(C(=O)NC(CC(C)C)C(=O)O)cnn1C1CCOCC1. The minimum absolute atomic E-state index is 0.183. The predicted molar refractivity (Wildman–Crippen MR) is 84.4 cm³/mol. The van der Waals surface area contributed by atoms with Gasteiger partial charge in [0.05, 0.1) is 17.8 Å². The first-order valence-electron chi connectivity index (χ1n) is 8.05. The molecule has 0 bridgehead atoms. The van der Waals surface area contributed by atoms with Crippen LogP contribution in [-0.4, -0.2) is 46.0 Å². The Labute approximate surface area is 136 Å². The lowest BCUT2D eigenvalue weighted by molar-refractivity contribution is -0.139. The number of carbonyl (C=O) groups excluding carboxylic acids is 1. The summed E-state index contributed by atoms with van der Waals surface area (Å²) in [4.78, 5) is 23.7. The van der Waals surface area contributed by atoms with Gasteiger partial charge in [0.2, 0.25) is 0 Å². The standard InChI is InChI=1S/C16H25N3O4/c1-10(2)8-14(16(21)22)18-15(20)13-9-17-19(11(13)3)12-4-6-23-7-5-12/h9-10,12,14H,4-8H2,1-3H3,(H,18,20)(H,21,22). The summed E-state index contributed by atoms with van der Waals surface area (Å²) in [5.41, 5.74) is 1.20. The van der Waals surface area contributed by atoms with Crippen molar-refractivity contribution in [1.82, 2.24) is 15.1 Å². The highest BCUT2D eigenvalue weighted by atomic mass is 16.5. The summed E-state index contributed by atoms with van der Waals surface area (Å²) in [5, 5.41) is 16.2. The van der Waals surface area contributed by atoms with Crippen LogP contribution < -0.4 is 5.32 Å². The second kappa shape index (κ2) is 7.59. The molecule has 2 rings (SSSR count). The van der Waals surface area contributed by atoms with Gasteiger partial charge < -0.3 is 15.2 Å². The van der Waals surface area contributed by atoms with Gasteiger partial charge in [0.15, 0.2) is 0 Å². The van der Waals surface area contributed by atoms with Crippen LogP contribution in [0.15, 0.2) is 6.20 Å². The van der Waals surface area contributed by atoms with Gasteiger partial charge >= 0.3 is 5.97 Å². The van der Waals surface area contributed by atoms with Crippen LogP contribution in [0.25, 0.3) is 0 Å². The fourth-order valence-electron chi connectivity index (χ4n) is 2.87. The van der Waals surface area contributed by atoms with Crippen molar-refractivity contribution in [2.75, 3.05) is 13.2 Å². The van der Waals surface area contributed by atoms with Gasteiger partial charge in [-0.3, -0.25) is 9.48 Å². The Hall–Kier alpha value is -1.89. The number of nitrogens with zero attached hydrogens (tertiary/aromatic N) is 2. The Morgan fingerprint density at radius 1 is 1.43 bits per heavy atom. The summed E-state index contributed by atoms with van der Waals surface area (Å²) in [7, 11) is 0. The third-order valence-electron chi connectivity index (χ3n) is 4.14. The number of rotatable bonds is 6. The van der Waals surface area contributed by atoms with E-state index in [1.807, 2.05) is 25.5 Å². The van der Waals surface area contributed by atoms with Gasteiger partial charge in [0.25, 0.3) is 5.91 Å². The molecule has 2 heterocycles. The van der Waals surface area contributed by atoms with Crippen LogP contribution in [0.4, 0.5) is 0 Å². The van der Waals surface area contributed by atoms with Gasteiger partial charge in [0.1, 0.15) is 6.04 Å². The fourth-order valence-corrected chi connectivity index (χ4v) is 2.87. The highest BCUT2D eigenvalue weighted by Gasteiger charge is 2.25. The molecular formula is C16H25N3O4. The molecule has 0 spiro atoms. The number of carboxylic acids is 1. The Kier molecular flexibility index (Phi) is 5.76. The number of aromatic nitrogens is 2. The maximum atomic E-state index is 12.4. The topological polar surface area (TPSA) is 93.5 Å². The molecular weight excluding hydrogens is 298 g/mol. The van der Waals surface area contributed by atoms with Crippen molar-refractivity contribution in [1.29, 1.82) is 0 Å². The van der Waals surface area contributed by atoms with E-state index in [1.54, 1.807) is 0 Å². The van der Waals surface area contributed by atoms with Gasteiger partial charge in [-0.25, -0.2) is 4.79 Å². The quantitative estimate of drug-likeness (QED) is 0.832. The van der Waals surface area contributed by atoms with Gasteiger partial charge in [-0.15, -0.1) is 0 Å². The second-order valence-electron chi connectivity index (χ2n) is 6.43. The van der Waals surface area contributed by atoms with Gasteiger partial charge in [0, 0.05) is 18.9 Å². The smallest absolute Gasteiger partial charge is 0.326 e. The Morgan fingerprint density at radius 2 is 2.09 bits per heavy atom. The van der Waals surface area contributed by atoms with Crippen molar-refractivity contribution in [2.24, 2.45) is 5.92 Å². The van der Waals surface area contributed by atoms with E-state index in [0.29, 0.717) is 25.2 Å². The molecule has 2 N–H and O–H groups in total. The summed E-state index contributed by atoms with van der Waals surface area (Å²) in [6.07, 6.45) is 3.66. The van der Waals surface area contributed by atoms with Crippen LogP contribution in [0.1, 0.15) is 55.2 Å². The number of nitrogens with one attached hydrogen (secondary N) is 1. The lowest BCUT2D eigenvalue weighted by atomic mass is 10.0. The summed E-state index contributed by atoms with van der Waals surface area (Å²) in [6, 6.07) is -0.649. The van der Waals surface area contributed by atoms with Crippen molar-refractivity contribution in [3.63, 3.8) is 0 Å². The van der Waals surface area contributed by atoms with E-state index >= 15 is 0 Å². The molecule has 1 saturated heterocycles. The summed E-state index contributed by atoms with van der Waals surface area (Å²) >= 11 is 0. The first-order chi connectivity index (χ1) is 10.9. The average molecular weight is 323 g/mol. The first kappa shape index (κ1) is 17.5. The normalized spacial score (nSPS) is 17.2. The van der Waals surface area contributed by atoms with Crippen LogP contribution in [0, 0.1) is 12.8 Å². The molecule has 1 fully saturated rings. The largest absolute Gasteiger partial charge is 0.480 e. The van der Waals surface area contributed by atoms with Crippen LogP contribution >= 0.6 is 0 Å². The van der Waals surface area contributed by atoms with Crippen LogP contribution in [0.3, 0.4) is 0 Å². The number of ether oxygens (including phenoxy) is 1. The van der Waals surface area contributed by atoms with E-state index in [9.17, 15) is 14.7 Å². The number of aliphatic carboxylic acids is 1. The van der Waals surface area contributed by atoms with Crippen molar-refractivity contribution < 1.29 is 19.4 Å². The van der Waals surface area contributed by atoms with Crippen LogP contribution in [0.5, 0.6) is 0 Å². The van der Waals surface area contributed by atoms with Crippen molar-refractivity contribution in [3.05, 3.63) is 17.5 Å². The molecule has 1 aliphatic heterocycles. The van der Waals surface area contributed by atoms with Gasteiger partial charge in [-0.2, -0.15) is 5.10 Å². The molecule has 1 aromatic heterocycles. The molecule has 128 valence electrons. The molecule has 23 heavy (non-hydrogen) atoms. The zero-order valence-electron chi connectivity index (χ0n) is 13.9. The molecule has 7 nitrogen and oxygen atoms in total. The Balaban J connectivity index is 2.10. The van der Waals surface area contributed by atoms with E-state index in [-0.39, 0.29) is 17.9 Å². The number of hydrogen-bond acceptors (Lipinski definition) is 4. The summed E-state index contributed by atoms with van der Waals surface area (Å²) in [6.45, 7) is 7.09. The fraction of sp³-hybridized carbons (Fsp3) is 0.688. The molecule has 1 aromatic rings. The third kappa shape index (κ3) is 4.31. The maximum Gasteiger partial charge on any atom is 0.326 e. The van der Waals surface area contributed by atoms with Crippen molar-refractivity contribution in [3.8, 4) is 0 Å². The van der Waals surface area contributed by atoms with Gasteiger partial charge in [-0.1, -0.05) is 13.8 Å². The number of amides is 1. The predicted octanol–water partition coefficient (Wildman–Crippen LogP) is 1.77. The molecule has 1 atom stereocenters. The van der Waals surface area contributed by atoms with Crippen LogP contribution in [0.2, 0.25) is 0 Å². The van der Waals surface area contributed by atoms with E-state index in [2.05, 4.69) is 10.4 Å². The average Bonchev–Trinajstić information content (AvgIpc) is 2.88. The molecule has 0 aliphatic carbocycles. The Bertz CT molecular complexity index is 562. The molecule has 0 radical (unpaired) electrons. The second-order valence-corrected chi connectivity index (χ2v) is 6.43. The Morgan fingerprint density at radius 3 is 2.65 bits per heavy atom. The number of carboxylic acid groups (broad SMARTS) is 1. The van der Waals surface area contributed by atoms with Crippen molar-refractivity contribution >= 4 is 11.9 Å². The lowest BCUT2D eigenvalue weighted by Gasteiger charge is -2.23. The van der Waals surface area contributed by atoms with E-state index in [1.165, 1.54) is 6.20 Å². The minimum Gasteiger partial charge on any atom is -0.480 e. The van der Waals surface area contributed by atoms with E-state index in [0.717, 1.165) is 18.5 Å². The van der Waals surface area contributed by atoms with Crippen LogP contribution in [-0.2, 0) is 9.53 Å². The zero-order chi connectivity index (χ0) is 17.0. The van der Waals surface area contributed by atoms with E-state index < -0.39 is 12.0 Å². The molecule has 0 aromatic carbocycles. The molecule has 0 saturated carbocycles. The molecule has 1 unspecified atom stereocenters. The minimum atomic E-state index is -1.01. The highest BCUT2D eigenvalue weighted by Crippen LogP contribution is 2.23. The van der Waals surface area contributed by atoms with Crippen molar-refractivity contribution in [2.45, 2.75) is 52.1 Å². The first-order valence-corrected chi connectivity index (χ1v) is 8.05. The highest BCUT2D eigenvalue weighted by molar-refractivity contribution is 5.97. The monoisotopic (exact) mass is 323 g/mol. The van der Waals surface area contributed by atoms with E-state index in [4.69, 9.17) is 4.74 Å². The summed E-state index contributed by atoms with van der Waals surface area (Å²) in [5.74, 6) is -1.21. The van der Waals surface area contributed by atoms with Gasteiger partial charge in [-0.05, 0) is 32.1 Å². The zero-order valence-corrected chi connectivity index (χ0v) is 13.9. The molecule has 1 aliphatic rings. The lowest BCUT2D eigenvalue weighted by Crippen LogP contribution is -2.41. The molecule has 1 amide bonds. The maximum absolute atomic E-state index is 12.4.